The summed E-state index contributed by atoms with van der Waals surface area (Å²) in [5.74, 6) is 1.40. The molecule has 0 saturated heterocycles. The van der Waals surface area contributed by atoms with Gasteiger partial charge >= 0.3 is 0 Å². The van der Waals surface area contributed by atoms with Crippen LogP contribution in [0.2, 0.25) is 0 Å². The first-order valence-electron chi connectivity index (χ1n) is 5.15. The maximum absolute atomic E-state index is 10.7. The molecule has 0 heterocycles. The van der Waals surface area contributed by atoms with Gasteiger partial charge in [0.2, 0.25) is 5.24 Å². The summed E-state index contributed by atoms with van der Waals surface area (Å²) in [7, 11) is 1.59. The van der Waals surface area contributed by atoms with E-state index in [4.69, 9.17) is 21.1 Å². The van der Waals surface area contributed by atoms with Crippen LogP contribution in [-0.2, 0) is 11.2 Å². The summed E-state index contributed by atoms with van der Waals surface area (Å²) in [6, 6.07) is 5.62. The Morgan fingerprint density at radius 3 is 2.69 bits per heavy atom. The number of rotatable bonds is 6. The molecule has 1 aromatic carbocycles. The number of hydrogen-bond acceptors (Lipinski definition) is 3. The Bertz CT molecular complexity index is 363. The van der Waals surface area contributed by atoms with Gasteiger partial charge in [0.05, 0.1) is 13.7 Å². The molecule has 0 saturated carbocycles. The number of carbonyl (C=O) groups excluding carboxylic acids is 1. The zero-order chi connectivity index (χ0) is 12.0. The van der Waals surface area contributed by atoms with Crippen molar-refractivity contribution in [2.75, 3.05) is 13.7 Å². The molecule has 88 valence electrons. The van der Waals surface area contributed by atoms with Crippen molar-refractivity contribution in [1.82, 2.24) is 0 Å². The maximum atomic E-state index is 10.7. The lowest BCUT2D eigenvalue weighted by Crippen LogP contribution is -1.97. The number of benzene rings is 1. The molecule has 0 bridgehead atoms. The molecular weight excluding hydrogens is 228 g/mol. The molecule has 0 aliphatic carbocycles. The lowest BCUT2D eigenvalue weighted by Gasteiger charge is -2.10. The fraction of sp³-hybridized carbons (Fsp3) is 0.417. The van der Waals surface area contributed by atoms with Crippen LogP contribution < -0.4 is 9.47 Å². The smallest absolute Gasteiger partial charge is 0.221 e. The summed E-state index contributed by atoms with van der Waals surface area (Å²) in [5.41, 5.74) is 1.01. The van der Waals surface area contributed by atoms with Crippen molar-refractivity contribution in [2.45, 2.75) is 19.8 Å². The van der Waals surface area contributed by atoms with Crippen LogP contribution in [0.15, 0.2) is 18.2 Å². The van der Waals surface area contributed by atoms with Crippen molar-refractivity contribution in [2.24, 2.45) is 0 Å². The zero-order valence-corrected chi connectivity index (χ0v) is 10.2. The molecule has 0 aliphatic rings. The Labute approximate surface area is 100 Å². The van der Waals surface area contributed by atoms with E-state index in [-0.39, 0.29) is 5.24 Å². The van der Waals surface area contributed by atoms with Gasteiger partial charge in [0.15, 0.2) is 11.5 Å². The highest BCUT2D eigenvalue weighted by Gasteiger charge is 2.06. The van der Waals surface area contributed by atoms with Gasteiger partial charge < -0.3 is 9.47 Å². The van der Waals surface area contributed by atoms with E-state index in [1.54, 1.807) is 7.11 Å². The normalized spacial score (nSPS) is 9.94. The van der Waals surface area contributed by atoms with Crippen LogP contribution in [0.3, 0.4) is 0 Å². The summed E-state index contributed by atoms with van der Waals surface area (Å²) >= 11 is 5.29. The van der Waals surface area contributed by atoms with E-state index in [0.29, 0.717) is 30.9 Å². The van der Waals surface area contributed by atoms with Gasteiger partial charge in [0, 0.05) is 6.42 Å². The third kappa shape index (κ3) is 3.74. The number of ether oxygens (including phenoxy) is 2. The molecule has 0 amide bonds. The second-order valence-electron chi connectivity index (χ2n) is 3.27. The SMILES string of the molecule is CCOc1ccc(CCC(=O)Cl)cc1OC. The predicted octanol–water partition coefficient (Wildman–Crippen LogP) is 2.79. The fourth-order valence-corrected chi connectivity index (χ4v) is 1.48. The average Bonchev–Trinajstić information content (AvgIpc) is 2.28. The highest BCUT2D eigenvalue weighted by atomic mass is 35.5. The molecule has 1 rings (SSSR count). The van der Waals surface area contributed by atoms with Crippen LogP contribution in [0.25, 0.3) is 0 Å². The molecule has 0 fully saturated rings. The van der Waals surface area contributed by atoms with Gasteiger partial charge in [-0.1, -0.05) is 6.07 Å². The Kier molecular flexibility index (Phi) is 5.12. The molecule has 1 aromatic rings. The Balaban J connectivity index is 2.77. The van der Waals surface area contributed by atoms with Crippen LogP contribution in [0, 0.1) is 0 Å². The van der Waals surface area contributed by atoms with Crippen LogP contribution in [0.5, 0.6) is 11.5 Å². The van der Waals surface area contributed by atoms with E-state index < -0.39 is 0 Å². The predicted molar refractivity (Wildman–Crippen MR) is 63.3 cm³/mol. The number of methoxy groups -OCH3 is 1. The minimum Gasteiger partial charge on any atom is -0.493 e. The van der Waals surface area contributed by atoms with Crippen molar-refractivity contribution in [3.8, 4) is 11.5 Å². The maximum Gasteiger partial charge on any atom is 0.221 e. The minimum atomic E-state index is -0.326. The van der Waals surface area contributed by atoms with Crippen molar-refractivity contribution in [3.63, 3.8) is 0 Å². The fourth-order valence-electron chi connectivity index (χ4n) is 1.38. The van der Waals surface area contributed by atoms with Gasteiger partial charge in [0.25, 0.3) is 0 Å². The van der Waals surface area contributed by atoms with Gasteiger partial charge in [-0.15, -0.1) is 0 Å². The van der Waals surface area contributed by atoms with Gasteiger partial charge in [-0.3, -0.25) is 4.79 Å². The summed E-state index contributed by atoms with van der Waals surface area (Å²) < 4.78 is 10.6. The molecule has 0 radical (unpaired) electrons. The zero-order valence-electron chi connectivity index (χ0n) is 9.46. The molecule has 0 unspecified atom stereocenters. The van der Waals surface area contributed by atoms with Crippen LogP contribution >= 0.6 is 11.6 Å². The van der Waals surface area contributed by atoms with E-state index in [2.05, 4.69) is 0 Å². The van der Waals surface area contributed by atoms with Gasteiger partial charge in [0.1, 0.15) is 0 Å². The minimum absolute atomic E-state index is 0.326. The number of aryl methyl sites for hydroxylation is 1. The summed E-state index contributed by atoms with van der Waals surface area (Å²) in [5, 5.41) is -0.326. The topological polar surface area (TPSA) is 35.5 Å². The molecule has 0 aliphatic heterocycles. The molecule has 0 N–H and O–H groups in total. The summed E-state index contributed by atoms with van der Waals surface area (Å²) in [6.45, 7) is 2.51. The van der Waals surface area contributed by atoms with Gasteiger partial charge in [-0.2, -0.15) is 0 Å². The highest BCUT2D eigenvalue weighted by Crippen LogP contribution is 2.28. The van der Waals surface area contributed by atoms with E-state index >= 15 is 0 Å². The molecule has 16 heavy (non-hydrogen) atoms. The average molecular weight is 243 g/mol. The lowest BCUT2D eigenvalue weighted by atomic mass is 10.1. The summed E-state index contributed by atoms with van der Waals surface area (Å²) in [6.07, 6.45) is 0.948. The van der Waals surface area contributed by atoms with E-state index in [9.17, 15) is 4.79 Å². The van der Waals surface area contributed by atoms with Crippen LogP contribution in [-0.4, -0.2) is 19.0 Å². The van der Waals surface area contributed by atoms with E-state index in [1.807, 2.05) is 25.1 Å². The Hall–Kier alpha value is -1.22. The highest BCUT2D eigenvalue weighted by molar-refractivity contribution is 6.63. The first kappa shape index (κ1) is 12.8. The van der Waals surface area contributed by atoms with E-state index in [1.165, 1.54) is 0 Å². The standard InChI is InChI=1S/C12H15ClO3/c1-3-16-10-6-4-9(5-7-12(13)14)8-11(10)15-2/h4,6,8H,3,5,7H2,1-2H3. The lowest BCUT2D eigenvalue weighted by molar-refractivity contribution is -0.111. The third-order valence-electron chi connectivity index (χ3n) is 2.14. The first-order valence-corrected chi connectivity index (χ1v) is 5.53. The second kappa shape index (κ2) is 6.38. The van der Waals surface area contributed by atoms with Crippen molar-refractivity contribution < 1.29 is 14.3 Å². The first-order chi connectivity index (χ1) is 7.67. The molecule has 0 atom stereocenters. The van der Waals surface area contributed by atoms with Crippen molar-refractivity contribution in [1.29, 1.82) is 0 Å². The monoisotopic (exact) mass is 242 g/mol. The number of carbonyl (C=O) groups is 1. The van der Waals surface area contributed by atoms with Crippen molar-refractivity contribution in [3.05, 3.63) is 23.8 Å². The van der Waals surface area contributed by atoms with Crippen LogP contribution in [0.4, 0.5) is 0 Å². The second-order valence-corrected chi connectivity index (χ2v) is 3.69. The van der Waals surface area contributed by atoms with Gasteiger partial charge in [-0.25, -0.2) is 0 Å². The third-order valence-corrected chi connectivity index (χ3v) is 2.33. The number of hydrogen-bond donors (Lipinski definition) is 0. The molecule has 0 aromatic heterocycles. The van der Waals surface area contributed by atoms with Crippen LogP contribution in [0.1, 0.15) is 18.9 Å². The number of halogens is 1. The molecule has 3 nitrogen and oxygen atoms in total. The molecule has 4 heteroatoms. The van der Waals surface area contributed by atoms with E-state index in [0.717, 1.165) is 5.56 Å². The quantitative estimate of drug-likeness (QED) is 0.720. The molecular formula is C12H15ClO3. The largest absolute Gasteiger partial charge is 0.493 e. The van der Waals surface area contributed by atoms with Gasteiger partial charge in [-0.05, 0) is 42.6 Å². The van der Waals surface area contributed by atoms with Crippen molar-refractivity contribution >= 4 is 16.8 Å². The Morgan fingerprint density at radius 1 is 1.38 bits per heavy atom. The molecule has 0 spiro atoms. The Morgan fingerprint density at radius 2 is 2.12 bits per heavy atom. The summed E-state index contributed by atoms with van der Waals surface area (Å²) in [4.78, 5) is 10.7.